The molecule has 0 amide bonds. The van der Waals surface area contributed by atoms with Gasteiger partial charge in [-0.05, 0) is 6.07 Å². The molecule has 1 heterocycles. The zero-order chi connectivity index (χ0) is 18.5. The Hall–Kier alpha value is -3.67. The predicted molar refractivity (Wildman–Crippen MR) is 92.1 cm³/mol. The van der Waals surface area contributed by atoms with Crippen LogP contribution in [0.5, 0.6) is 5.75 Å². The highest BCUT2D eigenvalue weighted by Gasteiger charge is 2.19. The van der Waals surface area contributed by atoms with Gasteiger partial charge >= 0.3 is 5.97 Å². The maximum atomic E-state index is 12.6. The minimum Gasteiger partial charge on any atom is -0.502 e. The first-order chi connectivity index (χ1) is 12.6. The van der Waals surface area contributed by atoms with Gasteiger partial charge in [0.1, 0.15) is 18.6 Å². The van der Waals surface area contributed by atoms with Crippen LogP contribution in [0.15, 0.2) is 76.1 Å². The second-order valence-electron chi connectivity index (χ2n) is 5.41. The third-order valence-corrected chi connectivity index (χ3v) is 3.64. The zero-order valence-corrected chi connectivity index (χ0v) is 13.5. The van der Waals surface area contributed by atoms with E-state index in [4.69, 9.17) is 14.3 Å². The van der Waals surface area contributed by atoms with Crippen molar-refractivity contribution in [3.63, 3.8) is 0 Å². The van der Waals surface area contributed by atoms with Gasteiger partial charge in [0.05, 0.1) is 5.56 Å². The number of hydrogen-bond acceptors (Lipinski definition) is 6. The van der Waals surface area contributed by atoms with Gasteiger partial charge < -0.3 is 14.3 Å². The van der Waals surface area contributed by atoms with Gasteiger partial charge in [0.25, 0.3) is 0 Å². The molecule has 3 rings (SSSR count). The van der Waals surface area contributed by atoms with Crippen molar-refractivity contribution >= 4 is 11.8 Å². The molecule has 0 saturated heterocycles. The van der Waals surface area contributed by atoms with Crippen molar-refractivity contribution < 1.29 is 23.8 Å². The van der Waals surface area contributed by atoms with Gasteiger partial charge in [-0.3, -0.25) is 9.59 Å². The number of carbonyl (C=O) groups is 2. The molecule has 0 fully saturated rings. The highest BCUT2D eigenvalue weighted by molar-refractivity contribution is 6.14. The molecule has 0 saturated carbocycles. The lowest BCUT2D eigenvalue weighted by Crippen LogP contribution is -2.13. The number of ketones is 1. The van der Waals surface area contributed by atoms with E-state index >= 15 is 0 Å². The number of benzene rings is 2. The van der Waals surface area contributed by atoms with Crippen LogP contribution >= 0.6 is 0 Å². The van der Waals surface area contributed by atoms with Crippen LogP contribution in [0.1, 0.15) is 32.0 Å². The molecule has 26 heavy (non-hydrogen) atoms. The maximum Gasteiger partial charge on any atom is 0.339 e. The first kappa shape index (κ1) is 17.2. The predicted octanol–water partition coefficient (Wildman–Crippen LogP) is 2.93. The van der Waals surface area contributed by atoms with Crippen LogP contribution in [0.25, 0.3) is 0 Å². The Morgan fingerprint density at radius 2 is 1.62 bits per heavy atom. The molecule has 3 aromatic rings. The topological polar surface area (TPSA) is 93.8 Å². The minimum absolute atomic E-state index is 0.0769. The Kier molecular flexibility index (Phi) is 4.94. The molecule has 0 aliphatic heterocycles. The van der Waals surface area contributed by atoms with E-state index in [0.717, 1.165) is 12.3 Å². The molecule has 0 atom stereocenters. The number of ether oxygens (including phenoxy) is 1. The molecular formula is C20H14O6. The smallest absolute Gasteiger partial charge is 0.339 e. The lowest BCUT2D eigenvalue weighted by Gasteiger charge is -2.09. The molecule has 0 aliphatic rings. The summed E-state index contributed by atoms with van der Waals surface area (Å²) in [4.78, 5) is 36.4. The fourth-order valence-electron chi connectivity index (χ4n) is 2.34. The van der Waals surface area contributed by atoms with E-state index in [9.17, 15) is 14.4 Å². The Morgan fingerprint density at radius 3 is 2.31 bits per heavy atom. The average Bonchev–Trinajstić information content (AvgIpc) is 2.68. The molecular weight excluding hydrogens is 336 g/mol. The average molecular weight is 350 g/mol. The van der Waals surface area contributed by atoms with Crippen LogP contribution in [-0.4, -0.2) is 16.9 Å². The van der Waals surface area contributed by atoms with Crippen molar-refractivity contribution in [1.82, 2.24) is 0 Å². The van der Waals surface area contributed by atoms with Gasteiger partial charge in [0.15, 0.2) is 11.5 Å². The van der Waals surface area contributed by atoms with Gasteiger partial charge in [-0.1, -0.05) is 48.5 Å². The Morgan fingerprint density at radius 1 is 0.962 bits per heavy atom. The number of esters is 1. The largest absolute Gasteiger partial charge is 0.502 e. The molecule has 2 aromatic carbocycles. The molecule has 0 aliphatic carbocycles. The van der Waals surface area contributed by atoms with E-state index < -0.39 is 17.1 Å². The number of rotatable bonds is 5. The molecule has 0 bridgehead atoms. The Bertz CT molecular complexity index is 1000. The van der Waals surface area contributed by atoms with Crippen LogP contribution < -0.4 is 5.43 Å². The van der Waals surface area contributed by atoms with Crippen molar-refractivity contribution in [3.05, 3.63) is 99.6 Å². The van der Waals surface area contributed by atoms with E-state index in [-0.39, 0.29) is 29.3 Å². The van der Waals surface area contributed by atoms with E-state index in [2.05, 4.69) is 0 Å². The summed E-state index contributed by atoms with van der Waals surface area (Å²) >= 11 is 0. The summed E-state index contributed by atoms with van der Waals surface area (Å²) in [5.41, 5.74) is 0.151. The fraction of sp³-hybridized carbons (Fsp3) is 0.0500. The first-order valence-electron chi connectivity index (χ1n) is 7.73. The molecule has 6 nitrogen and oxygen atoms in total. The van der Waals surface area contributed by atoms with E-state index in [1.807, 2.05) is 0 Å². The zero-order valence-electron chi connectivity index (χ0n) is 13.5. The maximum absolute atomic E-state index is 12.6. The van der Waals surface area contributed by atoms with Crippen LogP contribution in [0.3, 0.4) is 0 Å². The molecule has 1 N–H and O–H groups in total. The normalized spacial score (nSPS) is 10.3. The Labute approximate surface area is 148 Å². The lowest BCUT2D eigenvalue weighted by atomic mass is 9.98. The lowest BCUT2D eigenvalue weighted by molar-refractivity contribution is 0.0440. The number of aromatic hydroxyl groups is 1. The van der Waals surface area contributed by atoms with E-state index in [0.29, 0.717) is 5.56 Å². The quantitative estimate of drug-likeness (QED) is 0.562. The van der Waals surface area contributed by atoms with Gasteiger partial charge in [0.2, 0.25) is 5.43 Å². The second kappa shape index (κ2) is 7.48. The van der Waals surface area contributed by atoms with Gasteiger partial charge in [0, 0.05) is 17.2 Å². The van der Waals surface area contributed by atoms with Gasteiger partial charge in [-0.15, -0.1) is 0 Å². The third kappa shape index (κ3) is 3.70. The molecule has 6 heteroatoms. The summed E-state index contributed by atoms with van der Waals surface area (Å²) in [6.45, 7) is -0.303. The first-order valence-corrected chi connectivity index (χ1v) is 7.73. The summed E-state index contributed by atoms with van der Waals surface area (Å²) in [5, 5.41) is 9.15. The monoisotopic (exact) mass is 350 g/mol. The van der Waals surface area contributed by atoms with Crippen LogP contribution in [0.2, 0.25) is 0 Å². The molecule has 130 valence electrons. The van der Waals surface area contributed by atoms with Crippen molar-refractivity contribution in [2.24, 2.45) is 0 Å². The van der Waals surface area contributed by atoms with Crippen LogP contribution in [-0.2, 0) is 11.3 Å². The third-order valence-electron chi connectivity index (χ3n) is 3.64. The molecule has 0 unspecified atom stereocenters. The molecule has 0 radical (unpaired) electrons. The van der Waals surface area contributed by atoms with Crippen LogP contribution in [0.4, 0.5) is 0 Å². The summed E-state index contributed by atoms with van der Waals surface area (Å²) in [5.74, 6) is -1.47. The summed E-state index contributed by atoms with van der Waals surface area (Å²) in [6.07, 6.45) is 0.873. The summed E-state index contributed by atoms with van der Waals surface area (Å²) in [6, 6.07) is 15.9. The second-order valence-corrected chi connectivity index (χ2v) is 5.41. The summed E-state index contributed by atoms with van der Waals surface area (Å²) < 4.78 is 10.1. The molecule has 1 aromatic heterocycles. The van der Waals surface area contributed by atoms with Crippen molar-refractivity contribution in [3.8, 4) is 5.75 Å². The SMILES string of the molecule is O=C(OCc1cc(=O)c(O)co1)c1ccccc1C(=O)c1ccccc1. The van der Waals surface area contributed by atoms with Crippen LogP contribution in [0, 0.1) is 0 Å². The standard InChI is InChI=1S/C20H14O6/c21-17-10-14(25-12-18(17)22)11-26-20(24)16-9-5-4-8-15(16)19(23)13-6-2-1-3-7-13/h1-10,12,22H,11H2. The van der Waals surface area contributed by atoms with Crippen molar-refractivity contribution in [2.45, 2.75) is 6.61 Å². The van der Waals surface area contributed by atoms with Crippen molar-refractivity contribution in [2.75, 3.05) is 0 Å². The Balaban J connectivity index is 1.80. The molecule has 0 spiro atoms. The minimum atomic E-state index is -0.722. The van der Waals surface area contributed by atoms with Gasteiger partial charge in [-0.2, -0.15) is 0 Å². The number of carbonyl (C=O) groups excluding carboxylic acids is 2. The van der Waals surface area contributed by atoms with Gasteiger partial charge in [-0.25, -0.2) is 4.79 Å². The van der Waals surface area contributed by atoms with E-state index in [1.54, 1.807) is 48.5 Å². The highest BCUT2D eigenvalue weighted by Crippen LogP contribution is 2.16. The fourth-order valence-corrected chi connectivity index (χ4v) is 2.34. The summed E-state index contributed by atoms with van der Waals surface area (Å²) in [7, 11) is 0. The highest BCUT2D eigenvalue weighted by atomic mass is 16.5. The van der Waals surface area contributed by atoms with E-state index in [1.165, 1.54) is 6.07 Å². The number of hydrogen-bond donors (Lipinski definition) is 1. The van der Waals surface area contributed by atoms with Crippen molar-refractivity contribution in [1.29, 1.82) is 0 Å².